The number of amides is 1. The molecule has 10 nitrogen and oxygen atoms in total. The molecule has 11 heteroatoms. The minimum atomic E-state index is -4.67. The second-order valence-electron chi connectivity index (χ2n) is 10.5. The molecule has 238 valence electrons. The predicted octanol–water partition coefficient (Wildman–Crippen LogP) is 6.57. The first-order valence-corrected chi connectivity index (χ1v) is 17.1. The van der Waals surface area contributed by atoms with Crippen LogP contribution in [0.1, 0.15) is 136 Å². The standard InChI is InChI=1S/C29H58NO9P/c1-3-4-5-6-12-15-18-21-29(32)39-28(25-38-40(33,34)35)24-37-26-36-23-20-17-14-11-9-7-8-10-13-16-19-22-30-27(2)31/h28H,3-26H2,1-2H3,(H,30,31)(H2,33,34,35)/t28-/m0/s1. The molecular formula is C29H58NO9P. The lowest BCUT2D eigenvalue weighted by Crippen LogP contribution is -2.28. The Kier molecular flexibility index (Phi) is 27.4. The third kappa shape index (κ3) is 31.5. The number of rotatable bonds is 30. The van der Waals surface area contributed by atoms with E-state index < -0.39 is 26.5 Å². The van der Waals surface area contributed by atoms with Crippen LogP contribution in [0.25, 0.3) is 0 Å². The van der Waals surface area contributed by atoms with E-state index in [0.717, 1.165) is 45.1 Å². The SMILES string of the molecule is CCCCCCCCCC(=O)O[C@@H](COCOCCCCCCCCCCCCCNC(C)=O)COP(=O)(O)O. The Morgan fingerprint density at radius 1 is 0.725 bits per heavy atom. The number of phosphoric acid groups is 1. The predicted molar refractivity (Wildman–Crippen MR) is 157 cm³/mol. The van der Waals surface area contributed by atoms with E-state index in [0.29, 0.717) is 6.61 Å². The molecule has 0 fully saturated rings. The van der Waals surface area contributed by atoms with E-state index in [4.69, 9.17) is 24.0 Å². The van der Waals surface area contributed by atoms with Crippen molar-refractivity contribution in [3.63, 3.8) is 0 Å². The van der Waals surface area contributed by atoms with Crippen LogP contribution in [0, 0.1) is 0 Å². The van der Waals surface area contributed by atoms with Crippen LogP contribution >= 0.6 is 7.82 Å². The molecule has 0 unspecified atom stereocenters. The zero-order valence-corrected chi connectivity index (χ0v) is 26.1. The number of nitrogens with one attached hydrogen (secondary N) is 1. The fraction of sp³-hybridized carbons (Fsp3) is 0.931. The molecule has 0 aromatic carbocycles. The fourth-order valence-corrected chi connectivity index (χ4v) is 4.61. The summed E-state index contributed by atoms with van der Waals surface area (Å²) in [6.07, 6.45) is 19.9. The summed E-state index contributed by atoms with van der Waals surface area (Å²) in [6.45, 7) is 4.61. The molecule has 3 N–H and O–H groups in total. The smallest absolute Gasteiger partial charge is 0.457 e. The lowest BCUT2D eigenvalue weighted by atomic mass is 10.1. The van der Waals surface area contributed by atoms with E-state index in [-0.39, 0.29) is 25.7 Å². The minimum Gasteiger partial charge on any atom is -0.457 e. The maximum Gasteiger partial charge on any atom is 0.469 e. The number of ether oxygens (including phenoxy) is 3. The molecule has 0 aliphatic carbocycles. The second-order valence-corrected chi connectivity index (χ2v) is 11.8. The largest absolute Gasteiger partial charge is 0.469 e. The van der Waals surface area contributed by atoms with Crippen LogP contribution in [0.2, 0.25) is 0 Å². The van der Waals surface area contributed by atoms with Gasteiger partial charge < -0.3 is 29.3 Å². The molecule has 0 spiro atoms. The molecule has 0 saturated heterocycles. The Morgan fingerprint density at radius 2 is 1.25 bits per heavy atom. The lowest BCUT2D eigenvalue weighted by Gasteiger charge is -2.18. The Balaban J connectivity index is 3.74. The van der Waals surface area contributed by atoms with Crippen LogP contribution in [0.3, 0.4) is 0 Å². The first-order chi connectivity index (χ1) is 19.2. The molecule has 0 saturated carbocycles. The van der Waals surface area contributed by atoms with E-state index in [1.54, 1.807) is 6.92 Å². The lowest BCUT2D eigenvalue weighted by molar-refractivity contribution is -0.158. The van der Waals surface area contributed by atoms with Gasteiger partial charge in [-0.2, -0.15) is 0 Å². The number of hydrogen-bond acceptors (Lipinski definition) is 7. The molecule has 0 radical (unpaired) electrons. The van der Waals surface area contributed by atoms with Crippen LogP contribution in [0.15, 0.2) is 0 Å². The number of esters is 1. The first-order valence-electron chi connectivity index (χ1n) is 15.5. The van der Waals surface area contributed by atoms with Gasteiger partial charge in [0, 0.05) is 26.5 Å². The molecule has 0 rings (SSSR count). The molecule has 40 heavy (non-hydrogen) atoms. The maximum atomic E-state index is 12.1. The van der Waals surface area contributed by atoms with E-state index in [9.17, 15) is 14.2 Å². The first kappa shape index (κ1) is 39.0. The molecule has 0 aromatic rings. The summed E-state index contributed by atoms with van der Waals surface area (Å²) in [5.74, 6) is -0.373. The summed E-state index contributed by atoms with van der Waals surface area (Å²) in [7, 11) is -4.67. The normalized spacial score (nSPS) is 12.4. The molecule has 0 heterocycles. The molecule has 1 atom stereocenters. The minimum absolute atomic E-state index is 0.0204. The zero-order valence-electron chi connectivity index (χ0n) is 25.2. The average Bonchev–Trinajstić information content (AvgIpc) is 2.89. The van der Waals surface area contributed by atoms with Gasteiger partial charge in [0.25, 0.3) is 0 Å². The van der Waals surface area contributed by atoms with E-state index in [1.807, 2.05) is 0 Å². The summed E-state index contributed by atoms with van der Waals surface area (Å²) in [6, 6.07) is 0. The highest BCUT2D eigenvalue weighted by Crippen LogP contribution is 2.35. The van der Waals surface area contributed by atoms with Crippen molar-refractivity contribution in [1.29, 1.82) is 0 Å². The Hall–Kier alpha value is -1.03. The van der Waals surface area contributed by atoms with Gasteiger partial charge in [0.2, 0.25) is 5.91 Å². The van der Waals surface area contributed by atoms with Gasteiger partial charge in [-0.1, -0.05) is 103 Å². The van der Waals surface area contributed by atoms with Crippen LogP contribution in [0.4, 0.5) is 0 Å². The monoisotopic (exact) mass is 595 g/mol. The van der Waals surface area contributed by atoms with E-state index >= 15 is 0 Å². The fourth-order valence-electron chi connectivity index (χ4n) is 4.25. The van der Waals surface area contributed by atoms with E-state index in [2.05, 4.69) is 16.8 Å². The topological polar surface area (TPSA) is 141 Å². The quantitative estimate of drug-likeness (QED) is 0.0364. The highest BCUT2D eigenvalue weighted by Gasteiger charge is 2.21. The van der Waals surface area contributed by atoms with Crippen molar-refractivity contribution in [3.8, 4) is 0 Å². The highest BCUT2D eigenvalue weighted by atomic mass is 31.2. The highest BCUT2D eigenvalue weighted by molar-refractivity contribution is 7.46. The molecule has 0 aromatic heterocycles. The second kappa shape index (κ2) is 28.1. The van der Waals surface area contributed by atoms with Gasteiger partial charge in [0.05, 0.1) is 13.2 Å². The van der Waals surface area contributed by atoms with Crippen molar-refractivity contribution in [2.45, 2.75) is 142 Å². The van der Waals surface area contributed by atoms with Crippen molar-refractivity contribution >= 4 is 19.7 Å². The van der Waals surface area contributed by atoms with Gasteiger partial charge in [-0.3, -0.25) is 14.1 Å². The van der Waals surface area contributed by atoms with Gasteiger partial charge >= 0.3 is 13.8 Å². The van der Waals surface area contributed by atoms with Crippen LogP contribution in [0.5, 0.6) is 0 Å². The van der Waals surface area contributed by atoms with Gasteiger partial charge in [-0.25, -0.2) is 4.57 Å². The van der Waals surface area contributed by atoms with Crippen molar-refractivity contribution < 1.29 is 42.7 Å². The Bertz CT molecular complexity index is 645. The molecule has 1 amide bonds. The Morgan fingerprint density at radius 3 is 1.80 bits per heavy atom. The molecule has 0 aliphatic rings. The summed E-state index contributed by atoms with van der Waals surface area (Å²) in [4.78, 5) is 40.9. The van der Waals surface area contributed by atoms with Crippen molar-refractivity contribution in [2.75, 3.05) is 33.2 Å². The van der Waals surface area contributed by atoms with Gasteiger partial charge in [-0.05, 0) is 19.3 Å². The van der Waals surface area contributed by atoms with Crippen molar-refractivity contribution in [1.82, 2.24) is 5.32 Å². The third-order valence-electron chi connectivity index (χ3n) is 6.52. The van der Waals surface area contributed by atoms with Crippen LogP contribution in [-0.4, -0.2) is 60.9 Å². The van der Waals surface area contributed by atoms with Crippen LogP contribution in [-0.2, 0) is 32.9 Å². The van der Waals surface area contributed by atoms with E-state index in [1.165, 1.54) is 77.0 Å². The number of hydrogen-bond donors (Lipinski definition) is 3. The van der Waals surface area contributed by atoms with Gasteiger partial charge in [0.1, 0.15) is 12.9 Å². The average molecular weight is 596 g/mol. The summed E-state index contributed by atoms with van der Waals surface area (Å²) < 4.78 is 31.8. The Labute approximate surface area is 242 Å². The van der Waals surface area contributed by atoms with Gasteiger partial charge in [0.15, 0.2) is 0 Å². The summed E-state index contributed by atoms with van der Waals surface area (Å²) >= 11 is 0. The van der Waals surface area contributed by atoms with Crippen LogP contribution < -0.4 is 5.32 Å². The zero-order chi connectivity index (χ0) is 29.7. The summed E-state index contributed by atoms with van der Waals surface area (Å²) in [5.41, 5.74) is 0. The van der Waals surface area contributed by atoms with Crippen molar-refractivity contribution in [3.05, 3.63) is 0 Å². The summed E-state index contributed by atoms with van der Waals surface area (Å²) in [5, 5.41) is 2.83. The van der Waals surface area contributed by atoms with Gasteiger partial charge in [-0.15, -0.1) is 0 Å². The molecular weight excluding hydrogens is 537 g/mol. The molecule has 0 aliphatic heterocycles. The molecule has 0 bridgehead atoms. The maximum absolute atomic E-state index is 12.1. The number of phosphoric ester groups is 1. The number of unbranched alkanes of at least 4 members (excludes halogenated alkanes) is 16. The van der Waals surface area contributed by atoms with Crippen molar-refractivity contribution in [2.24, 2.45) is 0 Å². The number of carbonyl (C=O) groups is 2. The number of carbonyl (C=O) groups excluding carboxylic acids is 2. The third-order valence-corrected chi connectivity index (χ3v) is 7.01.